The molecule has 1 heterocycles. The summed E-state index contributed by atoms with van der Waals surface area (Å²) >= 11 is 0. The summed E-state index contributed by atoms with van der Waals surface area (Å²) in [6.07, 6.45) is -3.58. The zero-order valence-electron chi connectivity index (χ0n) is 10.5. The molecule has 1 aromatic rings. The molecular formula is C13H16F3NO. The van der Waals surface area contributed by atoms with Gasteiger partial charge in [-0.1, -0.05) is 6.92 Å². The highest BCUT2D eigenvalue weighted by atomic mass is 19.4. The number of ether oxygens (including phenoxy) is 1. The highest BCUT2D eigenvalue weighted by molar-refractivity contribution is 5.46. The van der Waals surface area contributed by atoms with Crippen molar-refractivity contribution in [2.24, 2.45) is 0 Å². The van der Waals surface area contributed by atoms with Crippen LogP contribution in [0.3, 0.4) is 0 Å². The molecule has 0 atom stereocenters. The molecule has 18 heavy (non-hydrogen) atoms. The lowest BCUT2D eigenvalue weighted by Crippen LogP contribution is -2.30. The van der Waals surface area contributed by atoms with Crippen molar-refractivity contribution in [2.45, 2.75) is 26.1 Å². The van der Waals surface area contributed by atoms with Gasteiger partial charge in [0.1, 0.15) is 5.75 Å². The van der Waals surface area contributed by atoms with Crippen molar-refractivity contribution in [2.75, 3.05) is 20.2 Å². The summed E-state index contributed by atoms with van der Waals surface area (Å²) in [6.45, 7) is 4.28. The van der Waals surface area contributed by atoms with Gasteiger partial charge in [0.25, 0.3) is 0 Å². The number of benzene rings is 1. The average Bonchev–Trinajstić information content (AvgIpc) is 2.35. The normalized spacial score (nSPS) is 16.5. The zero-order valence-corrected chi connectivity index (χ0v) is 10.5. The van der Waals surface area contributed by atoms with E-state index in [1.54, 1.807) is 0 Å². The smallest absolute Gasteiger partial charge is 0.416 e. The maximum atomic E-state index is 12.8. The average molecular weight is 259 g/mol. The first-order valence-corrected chi connectivity index (χ1v) is 5.95. The second-order valence-corrected chi connectivity index (χ2v) is 4.43. The lowest BCUT2D eigenvalue weighted by molar-refractivity contribution is -0.137. The van der Waals surface area contributed by atoms with Gasteiger partial charge in [-0.3, -0.25) is 4.90 Å². The molecule has 2 rings (SSSR count). The molecule has 1 aliphatic heterocycles. The lowest BCUT2D eigenvalue weighted by Gasteiger charge is -2.29. The number of alkyl halides is 3. The molecule has 0 amide bonds. The van der Waals surface area contributed by atoms with E-state index < -0.39 is 11.7 Å². The fourth-order valence-corrected chi connectivity index (χ4v) is 2.33. The second kappa shape index (κ2) is 4.80. The monoisotopic (exact) mass is 259 g/mol. The predicted octanol–water partition coefficient (Wildman–Crippen LogP) is 3.09. The quantitative estimate of drug-likeness (QED) is 0.809. The number of halogens is 3. The van der Waals surface area contributed by atoms with Crippen LogP contribution in [-0.4, -0.2) is 25.1 Å². The Morgan fingerprint density at radius 3 is 2.61 bits per heavy atom. The van der Waals surface area contributed by atoms with Gasteiger partial charge in [0, 0.05) is 13.1 Å². The van der Waals surface area contributed by atoms with E-state index in [1.165, 1.54) is 13.2 Å². The van der Waals surface area contributed by atoms with Crippen molar-refractivity contribution in [1.29, 1.82) is 0 Å². The van der Waals surface area contributed by atoms with Crippen LogP contribution >= 0.6 is 0 Å². The minimum absolute atomic E-state index is 0.357. The first kappa shape index (κ1) is 13.2. The van der Waals surface area contributed by atoms with Crippen molar-refractivity contribution in [1.82, 2.24) is 4.90 Å². The Kier molecular flexibility index (Phi) is 3.52. The van der Waals surface area contributed by atoms with Gasteiger partial charge in [-0.15, -0.1) is 0 Å². The van der Waals surface area contributed by atoms with E-state index in [0.29, 0.717) is 12.3 Å². The van der Waals surface area contributed by atoms with Crippen LogP contribution in [0.2, 0.25) is 0 Å². The summed E-state index contributed by atoms with van der Waals surface area (Å²) < 4.78 is 43.5. The molecule has 0 saturated carbocycles. The van der Waals surface area contributed by atoms with Crippen molar-refractivity contribution in [3.8, 4) is 5.75 Å². The van der Waals surface area contributed by atoms with E-state index in [4.69, 9.17) is 4.74 Å². The summed E-state index contributed by atoms with van der Waals surface area (Å²) in [5.74, 6) is 0.357. The minimum atomic E-state index is -4.32. The zero-order chi connectivity index (χ0) is 13.3. The molecule has 1 aromatic carbocycles. The topological polar surface area (TPSA) is 12.5 Å². The third-order valence-corrected chi connectivity index (χ3v) is 3.37. The third kappa shape index (κ3) is 2.46. The maximum Gasteiger partial charge on any atom is 0.416 e. The molecule has 0 saturated heterocycles. The van der Waals surface area contributed by atoms with E-state index in [1.807, 2.05) is 6.92 Å². The van der Waals surface area contributed by atoms with Crippen LogP contribution in [0.25, 0.3) is 0 Å². The van der Waals surface area contributed by atoms with Crippen molar-refractivity contribution < 1.29 is 17.9 Å². The van der Waals surface area contributed by atoms with Crippen LogP contribution in [0.4, 0.5) is 13.2 Å². The van der Waals surface area contributed by atoms with Crippen LogP contribution < -0.4 is 4.74 Å². The maximum absolute atomic E-state index is 12.8. The van der Waals surface area contributed by atoms with Crippen molar-refractivity contribution >= 4 is 0 Å². The van der Waals surface area contributed by atoms with Gasteiger partial charge in [0.15, 0.2) is 0 Å². The molecule has 0 unspecified atom stereocenters. The van der Waals surface area contributed by atoms with E-state index in [-0.39, 0.29) is 0 Å². The number of rotatable bonds is 2. The van der Waals surface area contributed by atoms with Gasteiger partial charge in [0.05, 0.1) is 12.7 Å². The molecule has 2 nitrogen and oxygen atoms in total. The van der Waals surface area contributed by atoms with Gasteiger partial charge in [0.2, 0.25) is 0 Å². The number of likely N-dealkylation sites (N-methyl/N-ethyl adjacent to an activating group) is 1. The van der Waals surface area contributed by atoms with Gasteiger partial charge in [-0.05, 0) is 36.2 Å². The van der Waals surface area contributed by atoms with E-state index in [0.717, 1.165) is 36.7 Å². The molecule has 0 bridgehead atoms. The van der Waals surface area contributed by atoms with Gasteiger partial charge in [-0.25, -0.2) is 0 Å². The van der Waals surface area contributed by atoms with Gasteiger partial charge >= 0.3 is 6.18 Å². The molecule has 0 aromatic heterocycles. The van der Waals surface area contributed by atoms with Crippen LogP contribution in [0, 0.1) is 0 Å². The number of nitrogens with zero attached hydrogens (tertiary/aromatic N) is 1. The molecule has 0 spiro atoms. The largest absolute Gasteiger partial charge is 0.496 e. The minimum Gasteiger partial charge on any atom is -0.496 e. The SMILES string of the molecule is CCN1CCc2c(cc(C(F)(F)F)cc2OC)C1. The third-order valence-electron chi connectivity index (χ3n) is 3.37. The van der Waals surface area contributed by atoms with Crippen LogP contribution in [0.1, 0.15) is 23.6 Å². The summed E-state index contributed by atoms with van der Waals surface area (Å²) in [6, 6.07) is 2.35. The Hall–Kier alpha value is -1.23. The predicted molar refractivity (Wildman–Crippen MR) is 62.7 cm³/mol. The fourth-order valence-electron chi connectivity index (χ4n) is 2.33. The van der Waals surface area contributed by atoms with Gasteiger partial charge in [-0.2, -0.15) is 13.2 Å². The molecule has 0 fully saturated rings. The highest BCUT2D eigenvalue weighted by Gasteiger charge is 2.33. The van der Waals surface area contributed by atoms with Crippen molar-refractivity contribution in [3.63, 3.8) is 0 Å². The fraction of sp³-hybridized carbons (Fsp3) is 0.538. The Morgan fingerprint density at radius 1 is 1.33 bits per heavy atom. The molecule has 0 aliphatic carbocycles. The Morgan fingerprint density at radius 2 is 2.06 bits per heavy atom. The summed E-state index contributed by atoms with van der Waals surface area (Å²) in [4.78, 5) is 2.13. The molecular weight excluding hydrogens is 243 g/mol. The summed E-state index contributed by atoms with van der Waals surface area (Å²) in [7, 11) is 1.42. The van der Waals surface area contributed by atoms with Crippen LogP contribution in [0.15, 0.2) is 12.1 Å². The molecule has 0 N–H and O–H groups in total. The lowest BCUT2D eigenvalue weighted by atomic mass is 9.96. The standard InChI is InChI=1S/C13H16F3NO/c1-3-17-5-4-11-9(8-17)6-10(13(14,15)16)7-12(11)18-2/h6-7H,3-5,8H2,1-2H3. The first-order chi connectivity index (χ1) is 8.45. The van der Waals surface area contributed by atoms with E-state index in [2.05, 4.69) is 4.90 Å². The molecule has 1 aliphatic rings. The Labute approximate surface area is 104 Å². The second-order valence-electron chi connectivity index (χ2n) is 4.43. The molecule has 100 valence electrons. The Balaban J connectivity index is 2.46. The molecule has 0 radical (unpaired) electrons. The van der Waals surface area contributed by atoms with Gasteiger partial charge < -0.3 is 4.74 Å². The van der Waals surface area contributed by atoms with E-state index >= 15 is 0 Å². The van der Waals surface area contributed by atoms with E-state index in [9.17, 15) is 13.2 Å². The highest BCUT2D eigenvalue weighted by Crippen LogP contribution is 2.36. The first-order valence-electron chi connectivity index (χ1n) is 5.95. The number of hydrogen-bond acceptors (Lipinski definition) is 2. The number of methoxy groups -OCH3 is 1. The number of hydrogen-bond donors (Lipinski definition) is 0. The van der Waals surface area contributed by atoms with Crippen LogP contribution in [-0.2, 0) is 19.1 Å². The molecule has 5 heteroatoms. The van der Waals surface area contributed by atoms with Crippen LogP contribution in [0.5, 0.6) is 5.75 Å². The summed E-state index contributed by atoms with van der Waals surface area (Å²) in [5, 5.41) is 0. The Bertz CT molecular complexity index is 443. The number of fused-ring (bicyclic) bond motifs is 1. The van der Waals surface area contributed by atoms with Crippen molar-refractivity contribution in [3.05, 3.63) is 28.8 Å². The summed E-state index contributed by atoms with van der Waals surface area (Å²) in [5.41, 5.74) is 1.01.